The summed E-state index contributed by atoms with van der Waals surface area (Å²) in [5.74, 6) is -0.230. The number of carbonyl (C=O) groups excluding carboxylic acids is 1. The van der Waals surface area contributed by atoms with Crippen molar-refractivity contribution in [2.24, 2.45) is 11.3 Å². The highest BCUT2D eigenvalue weighted by Crippen LogP contribution is 2.59. The Morgan fingerprint density at radius 2 is 2.00 bits per heavy atom. The van der Waals surface area contributed by atoms with Gasteiger partial charge in [-0.3, -0.25) is 9.63 Å². The number of carbonyl (C=O) groups is 1. The fourth-order valence-corrected chi connectivity index (χ4v) is 2.95. The maximum atomic E-state index is 11.9. The van der Waals surface area contributed by atoms with Gasteiger partial charge in [-0.05, 0) is 20.8 Å². The molecule has 0 radical (unpaired) electrons. The van der Waals surface area contributed by atoms with Crippen molar-refractivity contribution in [3.8, 4) is 0 Å². The van der Waals surface area contributed by atoms with Gasteiger partial charge in [0.25, 0.3) is 0 Å². The Morgan fingerprint density at radius 3 is 2.40 bits per heavy atom. The lowest BCUT2D eigenvalue weighted by atomic mass is 9.72. The Morgan fingerprint density at radius 1 is 1.40 bits per heavy atom. The maximum absolute atomic E-state index is 11.9. The molecule has 0 aliphatic carbocycles. The first-order chi connectivity index (χ1) is 6.83. The maximum Gasteiger partial charge on any atom is 0.311 e. The second kappa shape index (κ2) is 2.95. The average Bonchev–Trinajstić information content (AvgIpc) is 2.77. The molecule has 0 aromatic rings. The molecule has 2 saturated heterocycles. The molecule has 4 heteroatoms. The van der Waals surface area contributed by atoms with Crippen LogP contribution in [0.1, 0.15) is 34.6 Å². The van der Waals surface area contributed by atoms with Crippen molar-refractivity contribution in [2.75, 3.05) is 6.61 Å². The van der Waals surface area contributed by atoms with Crippen LogP contribution < -0.4 is 0 Å². The monoisotopic (exact) mass is 213 g/mol. The van der Waals surface area contributed by atoms with Crippen molar-refractivity contribution in [1.29, 1.82) is 0 Å². The molecule has 0 aromatic heterocycles. The van der Waals surface area contributed by atoms with Gasteiger partial charge in [-0.2, -0.15) is 0 Å². The smallest absolute Gasteiger partial charge is 0.311 e. The van der Waals surface area contributed by atoms with Crippen molar-refractivity contribution in [3.05, 3.63) is 0 Å². The van der Waals surface area contributed by atoms with E-state index in [-0.39, 0.29) is 29.1 Å². The van der Waals surface area contributed by atoms with Crippen LogP contribution in [0.4, 0.5) is 0 Å². The predicted molar refractivity (Wildman–Crippen MR) is 54.7 cm³/mol. The first kappa shape index (κ1) is 10.9. The zero-order valence-electron chi connectivity index (χ0n) is 10.0. The predicted octanol–water partition coefficient (Wildman–Crippen LogP) is 1.56. The molecule has 0 N–H and O–H groups in total. The molecule has 0 saturated carbocycles. The van der Waals surface area contributed by atoms with Gasteiger partial charge in [0.15, 0.2) is 6.23 Å². The third-order valence-corrected chi connectivity index (χ3v) is 3.56. The van der Waals surface area contributed by atoms with E-state index in [9.17, 15) is 4.79 Å². The van der Waals surface area contributed by atoms with Gasteiger partial charge in [0.05, 0.1) is 18.1 Å². The lowest BCUT2D eigenvalue weighted by Gasteiger charge is -2.34. The summed E-state index contributed by atoms with van der Waals surface area (Å²) in [6, 6.07) is 0. The second-order valence-electron chi connectivity index (χ2n) is 5.44. The van der Waals surface area contributed by atoms with E-state index in [1.54, 1.807) is 0 Å². The van der Waals surface area contributed by atoms with Gasteiger partial charge in [0.2, 0.25) is 0 Å². The largest absolute Gasteiger partial charge is 0.466 e. The summed E-state index contributed by atoms with van der Waals surface area (Å²) in [6.07, 6.45) is 0.0712. The third kappa shape index (κ3) is 1.31. The van der Waals surface area contributed by atoms with Crippen LogP contribution in [0.25, 0.3) is 0 Å². The number of fused-ring (bicyclic) bond motifs is 1. The SMILES string of the molecule is CCOC(=O)[C@@H]1C(C)(C)[C@H]2ON2C1(C)C. The van der Waals surface area contributed by atoms with Gasteiger partial charge < -0.3 is 4.74 Å². The first-order valence-electron chi connectivity index (χ1n) is 5.46. The molecule has 15 heavy (non-hydrogen) atoms. The lowest BCUT2D eigenvalue weighted by molar-refractivity contribution is -0.159. The Kier molecular flexibility index (Phi) is 2.14. The van der Waals surface area contributed by atoms with Crippen LogP contribution in [0.5, 0.6) is 0 Å². The highest BCUT2D eigenvalue weighted by molar-refractivity contribution is 5.76. The van der Waals surface area contributed by atoms with Crippen LogP contribution in [0.3, 0.4) is 0 Å². The minimum Gasteiger partial charge on any atom is -0.466 e. The summed E-state index contributed by atoms with van der Waals surface area (Å²) in [5.41, 5.74) is -0.434. The minimum atomic E-state index is -0.263. The van der Waals surface area contributed by atoms with Crippen molar-refractivity contribution in [3.63, 3.8) is 0 Å². The molecule has 0 amide bonds. The quantitative estimate of drug-likeness (QED) is 0.515. The Bertz CT molecular complexity index is 278. The first-order valence-corrected chi connectivity index (χ1v) is 5.46. The van der Waals surface area contributed by atoms with Crippen molar-refractivity contribution in [2.45, 2.75) is 46.4 Å². The summed E-state index contributed by atoms with van der Waals surface area (Å²) in [7, 11) is 0. The molecule has 1 unspecified atom stereocenters. The summed E-state index contributed by atoms with van der Waals surface area (Å²) in [6.45, 7) is 10.5. The van der Waals surface area contributed by atoms with E-state index >= 15 is 0 Å². The number of nitrogens with zero attached hydrogens (tertiary/aromatic N) is 1. The molecule has 4 nitrogen and oxygen atoms in total. The normalized spacial score (nSPS) is 39.7. The molecule has 0 bridgehead atoms. The fourth-order valence-electron chi connectivity index (χ4n) is 2.95. The van der Waals surface area contributed by atoms with Gasteiger partial charge in [-0.1, -0.05) is 13.8 Å². The number of hydrogen-bond donors (Lipinski definition) is 0. The van der Waals surface area contributed by atoms with Gasteiger partial charge in [0.1, 0.15) is 0 Å². The Hall–Kier alpha value is -0.610. The van der Waals surface area contributed by atoms with E-state index < -0.39 is 0 Å². The molecular formula is C11H19NO3. The number of ether oxygens (including phenoxy) is 1. The van der Waals surface area contributed by atoms with Crippen molar-refractivity contribution >= 4 is 5.97 Å². The number of hydroxylamine groups is 2. The molecule has 86 valence electrons. The molecule has 2 rings (SSSR count). The standard InChI is InChI=1S/C11H19NO3/c1-6-14-8(13)7-10(2,3)9-12(15-9)11(7,4)5/h7,9H,6H2,1-5H3/t7-,9-,12?/m1/s1. The minimum absolute atomic E-state index is 0.0712. The lowest BCUT2D eigenvalue weighted by Crippen LogP contribution is -2.46. The zero-order chi connectivity index (χ0) is 11.4. The molecule has 2 aliphatic heterocycles. The summed E-state index contributed by atoms with van der Waals surface area (Å²) in [5, 5.41) is 1.91. The molecule has 2 aliphatic rings. The zero-order valence-corrected chi connectivity index (χ0v) is 10.0. The number of esters is 1. The molecule has 0 aromatic carbocycles. The number of rotatable bonds is 2. The molecule has 0 spiro atoms. The van der Waals surface area contributed by atoms with Crippen LogP contribution >= 0.6 is 0 Å². The molecule has 3 atom stereocenters. The van der Waals surface area contributed by atoms with Gasteiger partial charge >= 0.3 is 5.97 Å². The highest BCUT2D eigenvalue weighted by Gasteiger charge is 2.71. The van der Waals surface area contributed by atoms with E-state index in [0.717, 1.165) is 0 Å². The van der Waals surface area contributed by atoms with Gasteiger partial charge in [-0.25, -0.2) is 0 Å². The van der Waals surface area contributed by atoms with Gasteiger partial charge in [0, 0.05) is 5.41 Å². The van der Waals surface area contributed by atoms with E-state index in [1.807, 2.05) is 25.8 Å². The van der Waals surface area contributed by atoms with E-state index in [1.165, 1.54) is 0 Å². The van der Waals surface area contributed by atoms with Crippen LogP contribution in [0.15, 0.2) is 0 Å². The van der Waals surface area contributed by atoms with E-state index in [2.05, 4.69) is 13.8 Å². The summed E-state index contributed by atoms with van der Waals surface area (Å²) < 4.78 is 5.14. The summed E-state index contributed by atoms with van der Waals surface area (Å²) in [4.78, 5) is 17.4. The van der Waals surface area contributed by atoms with E-state index in [0.29, 0.717) is 6.61 Å². The Labute approximate surface area is 90.5 Å². The number of hydrogen-bond acceptors (Lipinski definition) is 4. The molecule has 2 fully saturated rings. The van der Waals surface area contributed by atoms with Crippen LogP contribution in [0.2, 0.25) is 0 Å². The van der Waals surface area contributed by atoms with Gasteiger partial charge in [-0.15, -0.1) is 5.06 Å². The average molecular weight is 213 g/mol. The fraction of sp³-hybridized carbons (Fsp3) is 0.909. The highest BCUT2D eigenvalue weighted by atomic mass is 16.8. The van der Waals surface area contributed by atoms with Crippen LogP contribution in [0, 0.1) is 11.3 Å². The van der Waals surface area contributed by atoms with Crippen LogP contribution in [-0.2, 0) is 14.4 Å². The molecular weight excluding hydrogens is 194 g/mol. The van der Waals surface area contributed by atoms with E-state index in [4.69, 9.17) is 9.57 Å². The topological polar surface area (TPSA) is 41.8 Å². The molecule has 2 heterocycles. The van der Waals surface area contributed by atoms with Crippen molar-refractivity contribution < 1.29 is 14.4 Å². The van der Waals surface area contributed by atoms with Crippen LogP contribution in [-0.4, -0.2) is 29.4 Å². The summed E-state index contributed by atoms with van der Waals surface area (Å²) >= 11 is 0. The van der Waals surface area contributed by atoms with Crippen molar-refractivity contribution in [1.82, 2.24) is 5.06 Å². The Balaban J connectivity index is 2.26. The second-order valence-corrected chi connectivity index (χ2v) is 5.44. The third-order valence-electron chi connectivity index (χ3n) is 3.56.